The van der Waals surface area contributed by atoms with Crippen LogP contribution in [-0.4, -0.2) is 13.1 Å². The molecule has 80 valence electrons. The number of benzene rings is 1. The first-order valence-electron chi connectivity index (χ1n) is 4.60. The Balaban J connectivity index is 3.22. The Morgan fingerprint density at radius 3 is 2.47 bits per heavy atom. The van der Waals surface area contributed by atoms with E-state index in [9.17, 15) is 9.18 Å². The second-order valence-corrected chi connectivity index (χ2v) is 3.19. The van der Waals surface area contributed by atoms with Crippen molar-refractivity contribution in [3.8, 4) is 0 Å². The van der Waals surface area contributed by atoms with Crippen LogP contribution in [0.1, 0.15) is 29.8 Å². The predicted octanol–water partition coefficient (Wildman–Crippen LogP) is 3.04. The van der Waals surface area contributed by atoms with Crippen LogP contribution in [0.15, 0.2) is 24.3 Å². The van der Waals surface area contributed by atoms with Gasteiger partial charge in [-0.3, -0.25) is 0 Å². The number of allylic oxidation sites excluding steroid dienone is 2. The summed E-state index contributed by atoms with van der Waals surface area (Å²) in [7, 11) is 1.27. The van der Waals surface area contributed by atoms with Crippen LogP contribution < -0.4 is 0 Å². The molecule has 0 unspecified atom stereocenters. The highest BCUT2D eigenvalue weighted by atomic mass is 19.1. The Morgan fingerprint density at radius 2 is 1.93 bits per heavy atom. The first-order valence-corrected chi connectivity index (χ1v) is 4.60. The van der Waals surface area contributed by atoms with Crippen LogP contribution in [0.5, 0.6) is 0 Å². The number of rotatable bonds is 2. The van der Waals surface area contributed by atoms with Crippen molar-refractivity contribution in [1.82, 2.24) is 0 Å². The van der Waals surface area contributed by atoms with Crippen molar-refractivity contribution in [2.45, 2.75) is 13.8 Å². The molecule has 0 N–H and O–H groups in total. The minimum atomic E-state index is -0.528. The smallest absolute Gasteiger partial charge is 0.337 e. The highest BCUT2D eigenvalue weighted by Crippen LogP contribution is 2.17. The lowest BCUT2D eigenvalue weighted by molar-refractivity contribution is 0.0600. The maximum Gasteiger partial charge on any atom is 0.337 e. The number of ether oxygens (including phenoxy) is 1. The van der Waals surface area contributed by atoms with Crippen molar-refractivity contribution in [2.24, 2.45) is 0 Å². The molecule has 0 aliphatic rings. The first kappa shape index (κ1) is 11.4. The van der Waals surface area contributed by atoms with Crippen LogP contribution in [0.25, 0.3) is 5.57 Å². The molecule has 0 bridgehead atoms. The van der Waals surface area contributed by atoms with Gasteiger partial charge < -0.3 is 4.74 Å². The summed E-state index contributed by atoms with van der Waals surface area (Å²) >= 11 is 0. The molecular formula is C12H13FO2. The quantitative estimate of drug-likeness (QED) is 0.698. The molecule has 0 saturated carbocycles. The maximum absolute atomic E-state index is 13.2. The second-order valence-electron chi connectivity index (χ2n) is 3.19. The lowest BCUT2D eigenvalue weighted by Crippen LogP contribution is -2.02. The summed E-state index contributed by atoms with van der Waals surface area (Å²) in [6.45, 7) is 3.72. The lowest BCUT2D eigenvalue weighted by atomic mass is 10.0. The van der Waals surface area contributed by atoms with Crippen molar-refractivity contribution in [3.63, 3.8) is 0 Å². The molecule has 1 rings (SSSR count). The van der Waals surface area contributed by atoms with Gasteiger partial charge in [0.1, 0.15) is 5.82 Å². The summed E-state index contributed by atoms with van der Waals surface area (Å²) < 4.78 is 17.7. The molecule has 0 amide bonds. The van der Waals surface area contributed by atoms with Crippen molar-refractivity contribution in [1.29, 1.82) is 0 Å². The Morgan fingerprint density at radius 1 is 1.33 bits per heavy atom. The first-order chi connectivity index (χ1) is 7.08. The van der Waals surface area contributed by atoms with Crippen LogP contribution in [-0.2, 0) is 4.74 Å². The number of methoxy groups -OCH3 is 1. The summed E-state index contributed by atoms with van der Waals surface area (Å²) in [5.74, 6) is -0.964. The molecule has 15 heavy (non-hydrogen) atoms. The van der Waals surface area contributed by atoms with E-state index in [0.29, 0.717) is 5.56 Å². The highest BCUT2D eigenvalue weighted by molar-refractivity contribution is 5.90. The third-order valence-corrected chi connectivity index (χ3v) is 2.21. The van der Waals surface area contributed by atoms with Crippen molar-refractivity contribution < 1.29 is 13.9 Å². The fourth-order valence-electron chi connectivity index (χ4n) is 1.22. The molecule has 0 atom stereocenters. The zero-order valence-electron chi connectivity index (χ0n) is 9.00. The topological polar surface area (TPSA) is 26.3 Å². The van der Waals surface area contributed by atoms with Gasteiger partial charge in [-0.05, 0) is 43.2 Å². The Hall–Kier alpha value is -1.64. The molecule has 1 aromatic carbocycles. The average molecular weight is 208 g/mol. The zero-order valence-corrected chi connectivity index (χ0v) is 9.00. The molecular weight excluding hydrogens is 195 g/mol. The van der Waals surface area contributed by atoms with Crippen LogP contribution in [0.3, 0.4) is 0 Å². The monoisotopic (exact) mass is 208 g/mol. The van der Waals surface area contributed by atoms with Crippen molar-refractivity contribution >= 4 is 11.5 Å². The SMILES string of the molecule is C/C=C(\C)c1cc(F)cc(C(=O)OC)c1. The molecule has 0 aliphatic heterocycles. The highest BCUT2D eigenvalue weighted by Gasteiger charge is 2.09. The standard InChI is InChI=1S/C12H13FO2/c1-4-8(2)9-5-10(12(14)15-3)7-11(13)6-9/h4-7H,1-3H3/b8-4+. The van der Waals surface area contributed by atoms with Crippen LogP contribution in [0, 0.1) is 5.82 Å². The lowest BCUT2D eigenvalue weighted by Gasteiger charge is -2.04. The Bertz CT molecular complexity index is 408. The molecule has 1 aromatic rings. The van der Waals surface area contributed by atoms with Crippen LogP contribution in [0.2, 0.25) is 0 Å². The molecule has 0 radical (unpaired) electrons. The second kappa shape index (κ2) is 4.73. The fourth-order valence-corrected chi connectivity index (χ4v) is 1.22. The van der Waals surface area contributed by atoms with Gasteiger partial charge in [0.2, 0.25) is 0 Å². The van der Waals surface area contributed by atoms with E-state index in [2.05, 4.69) is 4.74 Å². The summed E-state index contributed by atoms with van der Waals surface area (Å²) in [4.78, 5) is 11.2. The number of halogens is 1. The average Bonchev–Trinajstić information content (AvgIpc) is 2.26. The number of carbonyl (C=O) groups is 1. The molecule has 3 heteroatoms. The van der Waals surface area contributed by atoms with E-state index in [1.165, 1.54) is 13.2 Å². The van der Waals surface area contributed by atoms with E-state index in [1.54, 1.807) is 6.07 Å². The largest absolute Gasteiger partial charge is 0.465 e. The summed E-state index contributed by atoms with van der Waals surface area (Å²) in [6, 6.07) is 4.17. The number of hydrogen-bond acceptors (Lipinski definition) is 2. The molecule has 0 heterocycles. The van der Waals surface area contributed by atoms with Gasteiger partial charge in [-0.1, -0.05) is 6.08 Å². The molecule has 0 saturated heterocycles. The molecule has 0 aromatic heterocycles. The molecule has 0 aliphatic carbocycles. The molecule has 0 spiro atoms. The molecule has 0 fully saturated rings. The minimum absolute atomic E-state index is 0.230. The van der Waals surface area contributed by atoms with Gasteiger partial charge in [0.15, 0.2) is 0 Å². The van der Waals surface area contributed by atoms with E-state index >= 15 is 0 Å². The van der Waals surface area contributed by atoms with Gasteiger partial charge in [-0.25, -0.2) is 9.18 Å². The van der Waals surface area contributed by atoms with E-state index in [1.807, 2.05) is 19.9 Å². The van der Waals surface area contributed by atoms with Gasteiger partial charge in [-0.15, -0.1) is 0 Å². The summed E-state index contributed by atoms with van der Waals surface area (Å²) in [6.07, 6.45) is 1.86. The van der Waals surface area contributed by atoms with Gasteiger partial charge >= 0.3 is 5.97 Å². The summed E-state index contributed by atoms with van der Waals surface area (Å²) in [5, 5.41) is 0. The normalized spacial score (nSPS) is 11.3. The third-order valence-electron chi connectivity index (χ3n) is 2.21. The third kappa shape index (κ3) is 2.65. The van der Waals surface area contributed by atoms with Crippen LogP contribution in [0.4, 0.5) is 4.39 Å². The number of carbonyl (C=O) groups excluding carboxylic acids is 1. The Kier molecular flexibility index (Phi) is 3.61. The maximum atomic E-state index is 13.2. The fraction of sp³-hybridized carbons (Fsp3) is 0.250. The predicted molar refractivity (Wildman–Crippen MR) is 57.1 cm³/mol. The van der Waals surface area contributed by atoms with E-state index in [-0.39, 0.29) is 5.56 Å². The van der Waals surface area contributed by atoms with Crippen LogP contribution >= 0.6 is 0 Å². The van der Waals surface area contributed by atoms with Gasteiger partial charge in [0.25, 0.3) is 0 Å². The van der Waals surface area contributed by atoms with E-state index in [4.69, 9.17) is 0 Å². The summed E-state index contributed by atoms with van der Waals surface area (Å²) in [5.41, 5.74) is 1.84. The minimum Gasteiger partial charge on any atom is -0.465 e. The van der Waals surface area contributed by atoms with Gasteiger partial charge in [0.05, 0.1) is 12.7 Å². The van der Waals surface area contributed by atoms with Gasteiger partial charge in [0, 0.05) is 0 Å². The van der Waals surface area contributed by atoms with Crippen molar-refractivity contribution in [2.75, 3.05) is 7.11 Å². The van der Waals surface area contributed by atoms with Gasteiger partial charge in [-0.2, -0.15) is 0 Å². The van der Waals surface area contributed by atoms with E-state index in [0.717, 1.165) is 11.6 Å². The number of esters is 1. The Labute approximate surface area is 88.4 Å². The zero-order chi connectivity index (χ0) is 11.4. The van der Waals surface area contributed by atoms with E-state index < -0.39 is 11.8 Å². The van der Waals surface area contributed by atoms with Crippen molar-refractivity contribution in [3.05, 3.63) is 41.2 Å². The number of hydrogen-bond donors (Lipinski definition) is 0. The molecule has 2 nitrogen and oxygen atoms in total.